The number of carbonyl (C=O) groups is 1. The minimum absolute atomic E-state index is 0.172. The van der Waals surface area contributed by atoms with Crippen LogP contribution in [0.4, 0.5) is 5.82 Å². The van der Waals surface area contributed by atoms with Gasteiger partial charge >= 0.3 is 5.97 Å². The maximum atomic E-state index is 12.6. The molecule has 0 N–H and O–H groups in total. The summed E-state index contributed by atoms with van der Waals surface area (Å²) < 4.78 is 11.2. The Balaban J connectivity index is 1.74. The van der Waals surface area contributed by atoms with Crippen molar-refractivity contribution in [2.45, 2.75) is 90.1 Å². The van der Waals surface area contributed by atoms with Crippen LogP contribution in [0.2, 0.25) is 0 Å². The summed E-state index contributed by atoms with van der Waals surface area (Å²) in [4.78, 5) is 27.8. The van der Waals surface area contributed by atoms with E-state index in [0.29, 0.717) is 23.2 Å². The van der Waals surface area contributed by atoms with E-state index in [9.17, 15) is 4.79 Å². The summed E-state index contributed by atoms with van der Waals surface area (Å²) in [7, 11) is 3.79. The standard InChI is InChI=1S/C24H37N5O3/c1-24(2,3)31-19(30)16-18(13-9-12-17-10-7-6-8-11-17)23-27-21(28-32-23)20-22(29(4)5)26-15-14-25-20/h14-15,17-18H,6-13,16H2,1-5H3/t18-/m1/s1. The molecule has 0 bridgehead atoms. The molecular weight excluding hydrogens is 406 g/mol. The Morgan fingerprint density at radius 2 is 1.91 bits per heavy atom. The van der Waals surface area contributed by atoms with Gasteiger partial charge in [0.2, 0.25) is 11.7 Å². The van der Waals surface area contributed by atoms with Crippen LogP contribution in [0.25, 0.3) is 11.5 Å². The molecule has 0 spiro atoms. The van der Waals surface area contributed by atoms with Gasteiger partial charge in [-0.15, -0.1) is 0 Å². The van der Waals surface area contributed by atoms with E-state index in [1.54, 1.807) is 12.4 Å². The second-order valence-corrected chi connectivity index (χ2v) is 10.0. The Hall–Kier alpha value is -2.51. The first-order valence-corrected chi connectivity index (χ1v) is 11.8. The predicted octanol–water partition coefficient (Wildman–Crippen LogP) is 5.16. The molecule has 0 radical (unpaired) electrons. The quantitative estimate of drug-likeness (QED) is 0.491. The zero-order chi connectivity index (χ0) is 23.1. The zero-order valence-corrected chi connectivity index (χ0v) is 20.1. The number of anilines is 1. The zero-order valence-electron chi connectivity index (χ0n) is 20.1. The molecule has 32 heavy (non-hydrogen) atoms. The Bertz CT molecular complexity index is 869. The lowest BCUT2D eigenvalue weighted by Gasteiger charge is -2.23. The highest BCUT2D eigenvalue weighted by Crippen LogP contribution is 2.32. The fourth-order valence-electron chi connectivity index (χ4n) is 4.34. The van der Waals surface area contributed by atoms with E-state index in [4.69, 9.17) is 9.26 Å². The molecule has 3 rings (SSSR count). The fraction of sp³-hybridized carbons (Fsp3) is 0.708. The van der Waals surface area contributed by atoms with Crippen LogP contribution < -0.4 is 4.90 Å². The predicted molar refractivity (Wildman–Crippen MR) is 123 cm³/mol. The number of esters is 1. The average Bonchev–Trinajstić information content (AvgIpc) is 3.22. The van der Waals surface area contributed by atoms with Gasteiger partial charge in [-0.3, -0.25) is 4.79 Å². The van der Waals surface area contributed by atoms with E-state index < -0.39 is 5.60 Å². The number of rotatable bonds is 9. The monoisotopic (exact) mass is 443 g/mol. The van der Waals surface area contributed by atoms with Crippen molar-refractivity contribution in [2.24, 2.45) is 5.92 Å². The van der Waals surface area contributed by atoms with E-state index in [-0.39, 0.29) is 18.3 Å². The van der Waals surface area contributed by atoms with E-state index in [1.807, 2.05) is 39.8 Å². The number of ether oxygens (including phenoxy) is 1. The van der Waals surface area contributed by atoms with Gasteiger partial charge in [0.25, 0.3) is 0 Å². The first-order chi connectivity index (χ1) is 15.2. The Labute approximate surface area is 191 Å². The number of hydrogen-bond acceptors (Lipinski definition) is 8. The van der Waals surface area contributed by atoms with Crippen LogP contribution in [0.15, 0.2) is 16.9 Å². The van der Waals surface area contributed by atoms with Gasteiger partial charge in [0.1, 0.15) is 5.60 Å². The van der Waals surface area contributed by atoms with Gasteiger partial charge in [-0.2, -0.15) is 4.98 Å². The van der Waals surface area contributed by atoms with Gasteiger partial charge in [-0.1, -0.05) is 50.1 Å². The summed E-state index contributed by atoms with van der Waals surface area (Å²) >= 11 is 0. The Morgan fingerprint density at radius 3 is 2.59 bits per heavy atom. The molecule has 1 saturated carbocycles. The molecule has 0 saturated heterocycles. The summed E-state index contributed by atoms with van der Waals surface area (Å²) in [6.07, 6.45) is 13.2. The van der Waals surface area contributed by atoms with Gasteiger partial charge < -0.3 is 14.2 Å². The highest BCUT2D eigenvalue weighted by Gasteiger charge is 2.27. The van der Waals surface area contributed by atoms with Crippen LogP contribution in [0.5, 0.6) is 0 Å². The third kappa shape index (κ3) is 7.00. The van der Waals surface area contributed by atoms with Crippen molar-refractivity contribution in [1.29, 1.82) is 0 Å². The lowest BCUT2D eigenvalue weighted by molar-refractivity contribution is -0.155. The molecule has 8 heteroatoms. The van der Waals surface area contributed by atoms with E-state index in [0.717, 1.165) is 18.8 Å². The van der Waals surface area contributed by atoms with Gasteiger partial charge in [-0.25, -0.2) is 9.97 Å². The smallest absolute Gasteiger partial charge is 0.307 e. The van der Waals surface area contributed by atoms with E-state index in [1.165, 1.54) is 38.5 Å². The van der Waals surface area contributed by atoms with Crippen LogP contribution in [0.1, 0.15) is 90.4 Å². The summed E-state index contributed by atoms with van der Waals surface area (Å²) in [6, 6.07) is 0. The molecule has 176 valence electrons. The number of nitrogens with zero attached hydrogens (tertiary/aromatic N) is 5. The minimum atomic E-state index is -0.524. The first-order valence-electron chi connectivity index (χ1n) is 11.8. The lowest BCUT2D eigenvalue weighted by Crippen LogP contribution is -2.25. The van der Waals surface area contributed by atoms with Crippen LogP contribution in [0, 0.1) is 5.92 Å². The van der Waals surface area contributed by atoms with Crippen LogP contribution in [-0.2, 0) is 9.53 Å². The molecule has 1 fully saturated rings. The fourth-order valence-corrected chi connectivity index (χ4v) is 4.34. The molecule has 2 aromatic rings. The molecule has 1 aliphatic rings. The van der Waals surface area contributed by atoms with Crippen LogP contribution >= 0.6 is 0 Å². The maximum absolute atomic E-state index is 12.6. The molecule has 2 heterocycles. The molecule has 8 nitrogen and oxygen atoms in total. The molecule has 2 aromatic heterocycles. The third-order valence-corrected chi connectivity index (χ3v) is 5.83. The number of carbonyl (C=O) groups excluding carboxylic acids is 1. The van der Waals surface area contributed by atoms with Crippen molar-refractivity contribution >= 4 is 11.8 Å². The highest BCUT2D eigenvalue weighted by atomic mass is 16.6. The largest absolute Gasteiger partial charge is 0.460 e. The Kier molecular flexibility index (Phi) is 8.21. The topological polar surface area (TPSA) is 94.2 Å². The summed E-state index contributed by atoms with van der Waals surface area (Å²) in [5, 5.41) is 4.16. The SMILES string of the molecule is CN(C)c1nccnc1-c1noc([C@H](CCCC2CCCCC2)CC(=O)OC(C)(C)C)n1. The van der Waals surface area contributed by atoms with Gasteiger partial charge in [-0.05, 0) is 33.1 Å². The minimum Gasteiger partial charge on any atom is -0.460 e. The molecule has 0 aromatic carbocycles. The molecule has 0 aliphatic heterocycles. The van der Waals surface area contributed by atoms with Crippen molar-refractivity contribution in [1.82, 2.24) is 20.1 Å². The van der Waals surface area contributed by atoms with E-state index in [2.05, 4.69) is 20.1 Å². The van der Waals surface area contributed by atoms with Crippen molar-refractivity contribution < 1.29 is 14.1 Å². The summed E-state index contributed by atoms with van der Waals surface area (Å²) in [5.41, 5.74) is 0.0370. The molecule has 0 amide bonds. The molecule has 1 aliphatic carbocycles. The van der Waals surface area contributed by atoms with E-state index >= 15 is 0 Å². The van der Waals surface area contributed by atoms with Crippen molar-refractivity contribution in [3.63, 3.8) is 0 Å². The molecular formula is C24H37N5O3. The lowest BCUT2D eigenvalue weighted by atomic mass is 9.84. The number of aromatic nitrogens is 4. The summed E-state index contributed by atoms with van der Waals surface area (Å²) in [5.74, 6) is 1.90. The second kappa shape index (κ2) is 10.9. The molecule has 0 unspecified atom stereocenters. The summed E-state index contributed by atoms with van der Waals surface area (Å²) in [6.45, 7) is 5.64. The average molecular weight is 444 g/mol. The van der Waals surface area contributed by atoms with Crippen LogP contribution in [0.3, 0.4) is 0 Å². The van der Waals surface area contributed by atoms with Crippen molar-refractivity contribution in [3.8, 4) is 11.5 Å². The Morgan fingerprint density at radius 1 is 1.19 bits per heavy atom. The first kappa shape index (κ1) is 24.1. The second-order valence-electron chi connectivity index (χ2n) is 10.0. The normalized spacial score (nSPS) is 16.0. The third-order valence-electron chi connectivity index (χ3n) is 5.83. The number of hydrogen-bond donors (Lipinski definition) is 0. The molecule has 1 atom stereocenters. The van der Waals surface area contributed by atoms with Gasteiger partial charge in [0.15, 0.2) is 11.5 Å². The van der Waals surface area contributed by atoms with Gasteiger partial charge in [0, 0.05) is 32.4 Å². The maximum Gasteiger partial charge on any atom is 0.307 e. The van der Waals surface area contributed by atoms with Crippen molar-refractivity contribution in [3.05, 3.63) is 18.3 Å². The van der Waals surface area contributed by atoms with Gasteiger partial charge in [0.05, 0.1) is 6.42 Å². The van der Waals surface area contributed by atoms with Crippen molar-refractivity contribution in [2.75, 3.05) is 19.0 Å². The van der Waals surface area contributed by atoms with Crippen LogP contribution in [-0.4, -0.2) is 45.8 Å². The highest BCUT2D eigenvalue weighted by molar-refractivity contribution is 5.71.